The summed E-state index contributed by atoms with van der Waals surface area (Å²) in [5.74, 6) is 0.614. The molecule has 1 fully saturated rings. The maximum Gasteiger partial charge on any atom is 0.119 e. The predicted molar refractivity (Wildman–Crippen MR) is 88.3 cm³/mol. The maximum atomic E-state index is 10.2. The first-order chi connectivity index (χ1) is 10.8. The second-order valence-electron chi connectivity index (χ2n) is 5.76. The highest BCUT2D eigenvalue weighted by atomic mass is 16.5. The highest BCUT2D eigenvalue weighted by Gasteiger charge is 2.19. The fourth-order valence-electron chi connectivity index (χ4n) is 3.11. The van der Waals surface area contributed by atoms with Crippen LogP contribution in [0.25, 0.3) is 0 Å². The molecule has 1 aliphatic rings. The van der Waals surface area contributed by atoms with Crippen molar-refractivity contribution >= 4 is 0 Å². The summed E-state index contributed by atoms with van der Waals surface area (Å²) in [5, 5.41) is 10.2. The van der Waals surface area contributed by atoms with E-state index in [2.05, 4.69) is 29.2 Å². The van der Waals surface area contributed by atoms with Gasteiger partial charge in [0, 0.05) is 24.6 Å². The van der Waals surface area contributed by atoms with Crippen molar-refractivity contribution in [2.75, 3.05) is 32.8 Å². The van der Waals surface area contributed by atoms with Gasteiger partial charge in [0.15, 0.2) is 0 Å². The molecule has 0 aliphatic carbocycles. The summed E-state index contributed by atoms with van der Waals surface area (Å²) in [7, 11) is 0. The average molecular weight is 297 g/mol. The first-order valence-electron chi connectivity index (χ1n) is 7.97. The van der Waals surface area contributed by atoms with Gasteiger partial charge in [-0.3, -0.25) is 4.90 Å². The van der Waals surface area contributed by atoms with Crippen LogP contribution in [0.15, 0.2) is 54.6 Å². The molecule has 2 aromatic rings. The number of nitrogens with zero attached hydrogens (tertiary/aromatic N) is 1. The van der Waals surface area contributed by atoms with Gasteiger partial charge in [0.2, 0.25) is 0 Å². The lowest BCUT2D eigenvalue weighted by molar-refractivity contribution is 0.0369. The van der Waals surface area contributed by atoms with Gasteiger partial charge in [-0.15, -0.1) is 0 Å². The minimum atomic E-state index is 0.227. The lowest BCUT2D eigenvalue weighted by Gasteiger charge is -2.28. The van der Waals surface area contributed by atoms with E-state index in [0.29, 0.717) is 5.75 Å². The van der Waals surface area contributed by atoms with Gasteiger partial charge in [-0.05, 0) is 24.6 Å². The maximum absolute atomic E-state index is 10.2. The zero-order valence-corrected chi connectivity index (χ0v) is 12.8. The normalized spacial score (nSPS) is 17.3. The minimum Gasteiger partial charge on any atom is -0.508 e. The van der Waals surface area contributed by atoms with Crippen molar-refractivity contribution in [3.63, 3.8) is 0 Å². The molecule has 0 amide bonds. The summed E-state index contributed by atoms with van der Waals surface area (Å²) < 4.78 is 5.41. The molecular weight excluding hydrogens is 274 g/mol. The number of phenolic OH excluding ortho intramolecular Hbond substituents is 1. The predicted octanol–water partition coefficient (Wildman–Crippen LogP) is 3.25. The lowest BCUT2D eigenvalue weighted by atomic mass is 9.88. The van der Waals surface area contributed by atoms with Crippen molar-refractivity contribution in [1.82, 2.24) is 4.90 Å². The van der Waals surface area contributed by atoms with E-state index in [1.807, 2.05) is 24.3 Å². The van der Waals surface area contributed by atoms with Crippen LogP contribution in [-0.4, -0.2) is 42.9 Å². The third-order valence-corrected chi connectivity index (χ3v) is 4.35. The summed E-state index contributed by atoms with van der Waals surface area (Å²) in [6, 6.07) is 18.2. The van der Waals surface area contributed by atoms with E-state index in [1.54, 1.807) is 6.07 Å². The fraction of sp³-hybridized carbons (Fsp3) is 0.368. The Morgan fingerprint density at radius 3 is 2.36 bits per heavy atom. The molecule has 3 heteroatoms. The van der Waals surface area contributed by atoms with Gasteiger partial charge in [-0.25, -0.2) is 0 Å². The summed E-state index contributed by atoms with van der Waals surface area (Å²) in [5.41, 5.74) is 2.28. The highest BCUT2D eigenvalue weighted by Crippen LogP contribution is 2.33. The average Bonchev–Trinajstić information content (AvgIpc) is 2.58. The van der Waals surface area contributed by atoms with Gasteiger partial charge in [0.05, 0.1) is 13.2 Å². The Morgan fingerprint density at radius 2 is 1.64 bits per heavy atom. The van der Waals surface area contributed by atoms with Crippen LogP contribution >= 0.6 is 0 Å². The Balaban J connectivity index is 1.79. The number of phenols is 1. The lowest BCUT2D eigenvalue weighted by Crippen LogP contribution is -2.37. The van der Waals surface area contributed by atoms with Gasteiger partial charge in [-0.1, -0.05) is 48.5 Å². The topological polar surface area (TPSA) is 32.7 Å². The van der Waals surface area contributed by atoms with E-state index in [-0.39, 0.29) is 5.92 Å². The van der Waals surface area contributed by atoms with Crippen molar-refractivity contribution in [1.29, 1.82) is 0 Å². The van der Waals surface area contributed by atoms with Crippen molar-refractivity contribution in [2.24, 2.45) is 0 Å². The van der Waals surface area contributed by atoms with Crippen LogP contribution in [0.3, 0.4) is 0 Å². The van der Waals surface area contributed by atoms with E-state index in [0.717, 1.165) is 44.8 Å². The van der Waals surface area contributed by atoms with Crippen LogP contribution in [0, 0.1) is 0 Å². The van der Waals surface area contributed by atoms with E-state index >= 15 is 0 Å². The molecule has 0 radical (unpaired) electrons. The van der Waals surface area contributed by atoms with Gasteiger partial charge >= 0.3 is 0 Å². The molecule has 1 N–H and O–H groups in total. The van der Waals surface area contributed by atoms with Crippen LogP contribution < -0.4 is 0 Å². The number of benzene rings is 2. The fourth-order valence-corrected chi connectivity index (χ4v) is 3.11. The first-order valence-corrected chi connectivity index (χ1v) is 7.97. The van der Waals surface area contributed by atoms with Gasteiger partial charge in [0.25, 0.3) is 0 Å². The van der Waals surface area contributed by atoms with Crippen molar-refractivity contribution in [3.8, 4) is 5.75 Å². The van der Waals surface area contributed by atoms with Crippen LogP contribution in [0.4, 0.5) is 0 Å². The van der Waals surface area contributed by atoms with Crippen molar-refractivity contribution < 1.29 is 9.84 Å². The summed E-state index contributed by atoms with van der Waals surface area (Å²) >= 11 is 0. The number of hydrogen-bond donors (Lipinski definition) is 1. The molecule has 22 heavy (non-hydrogen) atoms. The Morgan fingerprint density at radius 1 is 0.955 bits per heavy atom. The number of aromatic hydroxyl groups is 1. The number of hydrogen-bond acceptors (Lipinski definition) is 3. The molecule has 0 spiro atoms. The molecule has 0 saturated carbocycles. The molecule has 3 rings (SSSR count). The van der Waals surface area contributed by atoms with Gasteiger partial charge in [0.1, 0.15) is 5.75 Å². The Hall–Kier alpha value is -1.84. The minimum absolute atomic E-state index is 0.227. The monoisotopic (exact) mass is 297 g/mol. The van der Waals surface area contributed by atoms with Crippen LogP contribution in [0.1, 0.15) is 23.5 Å². The van der Waals surface area contributed by atoms with Crippen LogP contribution in [0.5, 0.6) is 5.75 Å². The van der Waals surface area contributed by atoms with Gasteiger partial charge < -0.3 is 9.84 Å². The molecule has 3 nitrogen and oxygen atoms in total. The van der Waals surface area contributed by atoms with E-state index in [9.17, 15) is 5.11 Å². The highest BCUT2D eigenvalue weighted by molar-refractivity contribution is 5.41. The summed E-state index contributed by atoms with van der Waals surface area (Å²) in [4.78, 5) is 2.44. The third kappa shape index (κ3) is 3.67. The van der Waals surface area contributed by atoms with E-state index in [1.165, 1.54) is 5.56 Å². The molecule has 1 aliphatic heterocycles. The molecule has 0 bridgehead atoms. The summed E-state index contributed by atoms with van der Waals surface area (Å²) in [6.45, 7) is 4.68. The molecule has 1 atom stereocenters. The van der Waals surface area contributed by atoms with Crippen LogP contribution in [0.2, 0.25) is 0 Å². The zero-order chi connectivity index (χ0) is 15.2. The third-order valence-electron chi connectivity index (χ3n) is 4.35. The number of morpholine rings is 1. The van der Waals surface area contributed by atoms with E-state index in [4.69, 9.17) is 4.74 Å². The smallest absolute Gasteiger partial charge is 0.119 e. The first kappa shape index (κ1) is 15.1. The number of ether oxygens (including phenoxy) is 1. The molecule has 2 aromatic carbocycles. The zero-order valence-electron chi connectivity index (χ0n) is 12.8. The van der Waals surface area contributed by atoms with Gasteiger partial charge in [-0.2, -0.15) is 0 Å². The SMILES string of the molecule is Oc1ccccc1C(CCN1CCOCC1)c1ccccc1. The summed E-state index contributed by atoms with van der Waals surface area (Å²) in [6.07, 6.45) is 1.00. The van der Waals surface area contributed by atoms with Crippen molar-refractivity contribution in [2.45, 2.75) is 12.3 Å². The molecular formula is C19H23NO2. The Bertz CT molecular complexity index is 579. The Labute approximate surface area is 132 Å². The second-order valence-corrected chi connectivity index (χ2v) is 5.76. The molecule has 116 valence electrons. The molecule has 1 saturated heterocycles. The number of rotatable bonds is 5. The molecule has 1 unspecified atom stereocenters. The second kappa shape index (κ2) is 7.43. The number of para-hydroxylation sites is 1. The van der Waals surface area contributed by atoms with Crippen LogP contribution in [-0.2, 0) is 4.74 Å². The largest absolute Gasteiger partial charge is 0.508 e. The Kier molecular flexibility index (Phi) is 5.09. The standard InChI is InChI=1S/C19H23NO2/c21-19-9-5-4-8-18(19)17(16-6-2-1-3-7-16)10-11-20-12-14-22-15-13-20/h1-9,17,21H,10-15H2. The quantitative estimate of drug-likeness (QED) is 0.919. The molecule has 1 heterocycles. The van der Waals surface area contributed by atoms with Crippen molar-refractivity contribution in [3.05, 3.63) is 65.7 Å². The van der Waals surface area contributed by atoms with E-state index < -0.39 is 0 Å². The molecule has 0 aromatic heterocycles.